The Hall–Kier alpha value is -11.0. The van der Waals surface area contributed by atoms with E-state index in [2.05, 4.69) is 276 Å². The zero-order valence-electron chi connectivity index (χ0n) is 77.7. The number of likely N-dealkylation sites (tertiary alicyclic amines) is 1. The molecule has 656 valence electrons. The number of benzene rings is 6. The highest BCUT2D eigenvalue weighted by Gasteiger charge is 2.49. The summed E-state index contributed by atoms with van der Waals surface area (Å²) in [6.45, 7) is 38.4. The maximum atomic E-state index is 14.8. The number of carbonyl (C=O) groups is 6. The number of carbonyl (C=O) groups excluding carboxylic acids is 6. The molecule has 6 unspecified atom stereocenters. The Labute approximate surface area is 739 Å². The second-order valence-electron chi connectivity index (χ2n) is 36.8. The molecule has 2 aliphatic heterocycles. The van der Waals surface area contributed by atoms with Crippen LogP contribution in [-0.4, -0.2) is 82.8 Å². The first-order valence-electron chi connectivity index (χ1n) is 46.1. The molecule has 6 aromatic rings. The standard InChI is InChI=1S/C62H70N4O4.C46H66N4O4/c1-9-13-15-45(11-3)37-57(67)63-55-39-51(65(47-25-17-41(5)18-26-47)48-27-19-42(6)20-28-48)33-35-53(55)59-61(69)60(62(59)70)54-36-34-52(40-56(54)64-58(68)38-46(12-4)16-14-10-2)66(49-29-21-43(7)22-30-49)50-31-23-44(8)24-32-50;1-13-17-19-29(15-3)21-39(51)47-35-25-37-33(45(7,8)27(5)49(37)11)23-31(35)41-43(53)42(44(41)54)32-24-34-38(50(12)28(6)46(34,9)10)26-36(32)48-40(52)22-30(16-4)20-18-14-2/h17-36,39-40,45-46H,9-16,37-38H2,1-8H3,(H2,63,64,67,68,69,70);23-30,53H,13-22H2,1-12H3,(H,47,51). The van der Waals surface area contributed by atoms with E-state index in [-0.39, 0.29) is 104 Å². The summed E-state index contributed by atoms with van der Waals surface area (Å²) >= 11 is 0. The van der Waals surface area contributed by atoms with Gasteiger partial charge in [-0.25, -0.2) is 4.99 Å². The number of ketones is 2. The van der Waals surface area contributed by atoms with Crippen LogP contribution in [0.3, 0.4) is 0 Å². The molecule has 0 aromatic heterocycles. The maximum Gasteiger partial charge on any atom is 0.246 e. The smallest absolute Gasteiger partial charge is 0.246 e. The largest absolute Gasteiger partial charge is 0.871 e. The number of rotatable bonds is 34. The number of aliphatic hydroxyl groups is 1. The average Bonchev–Trinajstić information content (AvgIpc) is 1.37. The Balaban J connectivity index is 0.000000250. The van der Waals surface area contributed by atoms with Crippen LogP contribution in [0.15, 0.2) is 214 Å². The Morgan fingerprint density at radius 2 is 0.927 bits per heavy atom. The van der Waals surface area contributed by atoms with Crippen molar-refractivity contribution in [3.8, 4) is 0 Å². The van der Waals surface area contributed by atoms with Crippen LogP contribution in [0.2, 0.25) is 0 Å². The van der Waals surface area contributed by atoms with Crippen LogP contribution in [0.1, 0.15) is 264 Å². The van der Waals surface area contributed by atoms with E-state index < -0.39 is 11.5 Å². The number of hydrogen-bond donors (Lipinski definition) is 4. The van der Waals surface area contributed by atoms with Gasteiger partial charge in [-0.15, -0.1) is 0 Å². The van der Waals surface area contributed by atoms with Gasteiger partial charge in [-0.2, -0.15) is 4.58 Å². The van der Waals surface area contributed by atoms with Crippen molar-refractivity contribution in [3.05, 3.63) is 247 Å². The van der Waals surface area contributed by atoms with Crippen LogP contribution in [0.5, 0.6) is 0 Å². The van der Waals surface area contributed by atoms with Gasteiger partial charge in [0.05, 0.1) is 33.9 Å². The number of likely N-dealkylation sites (N-methyl/N-ethyl adjacent to an activating group) is 2. The highest BCUT2D eigenvalue weighted by Crippen LogP contribution is 2.54. The molecule has 1 fully saturated rings. The first-order valence-corrected chi connectivity index (χ1v) is 46.1. The monoisotopic (exact) mass is 1670 g/mol. The molecule has 6 aromatic carbocycles. The molecule has 0 bridgehead atoms. The van der Waals surface area contributed by atoms with Crippen molar-refractivity contribution < 1.29 is 39.0 Å². The molecule has 6 atom stereocenters. The quantitative estimate of drug-likeness (QED) is 0.0221. The van der Waals surface area contributed by atoms with Crippen LogP contribution < -0.4 is 35.4 Å². The minimum absolute atomic E-state index is 0.000000647. The van der Waals surface area contributed by atoms with E-state index in [4.69, 9.17) is 0 Å². The minimum Gasteiger partial charge on any atom is -0.871 e. The zero-order chi connectivity index (χ0) is 89.8. The summed E-state index contributed by atoms with van der Waals surface area (Å²) < 4.78 is 2.11. The summed E-state index contributed by atoms with van der Waals surface area (Å²) in [6.07, 6.45) is 26.7. The van der Waals surface area contributed by atoms with E-state index in [1.54, 1.807) is 12.1 Å². The van der Waals surface area contributed by atoms with E-state index in [0.717, 1.165) is 182 Å². The lowest BCUT2D eigenvalue weighted by molar-refractivity contribution is -0.297. The number of hydrogen-bond acceptors (Lipinski definition) is 11. The highest BCUT2D eigenvalue weighted by atomic mass is 16.3. The SMILES string of the molecule is CCCCC(CC)CC(=O)N=C1C=C2C(=CC1=C1C(=O)C(c3cc4c(cc3NC(=O)CC(CC)CCCC)N(C)C(C)C4(C)C)=C1O)C(C)(C)C(C)N2C.CCCCC(CC)CC(=O)NC1=CC(=[N+](c2ccc(C)cc2)c2ccc(C)cc2)C=CC1=C1C(=O)C(c2ccc(N(c3ccc(C)cc3)c3ccc(C)cc3)cc2NC(=O)CC(CC)CCCC)=C1[O-]. The van der Waals surface area contributed by atoms with Crippen LogP contribution in [0.4, 0.5) is 45.5 Å². The molecule has 4 amide bonds. The first-order chi connectivity index (χ1) is 59.2. The van der Waals surface area contributed by atoms with Crippen molar-refractivity contribution in [2.45, 2.75) is 271 Å². The van der Waals surface area contributed by atoms with Gasteiger partial charge in [0, 0.05) is 161 Å². The molecule has 1 saturated heterocycles. The molecular weight excluding hydrogens is 1540 g/mol. The van der Waals surface area contributed by atoms with Gasteiger partial charge in [0.25, 0.3) is 0 Å². The van der Waals surface area contributed by atoms with Crippen molar-refractivity contribution in [3.63, 3.8) is 0 Å². The summed E-state index contributed by atoms with van der Waals surface area (Å²) in [5, 5.41) is 36.4. The molecule has 4 aliphatic carbocycles. The summed E-state index contributed by atoms with van der Waals surface area (Å²) in [6, 6.07) is 42.9. The Kier molecular flexibility index (Phi) is 31.1. The summed E-state index contributed by atoms with van der Waals surface area (Å²) in [5.74, 6) is -1.04. The molecule has 4 N–H and O–H groups in total. The number of fused-ring (bicyclic) bond motifs is 2. The summed E-state index contributed by atoms with van der Waals surface area (Å²) in [4.78, 5) is 96.0. The normalized spacial score (nSPS) is 19.3. The topological polar surface area (TPSA) is 207 Å². The molecule has 16 nitrogen and oxygen atoms in total. The predicted molar refractivity (Wildman–Crippen MR) is 511 cm³/mol. The number of aliphatic imine (C=N–C) groups is 1. The van der Waals surface area contributed by atoms with Gasteiger partial charge in [0.15, 0.2) is 5.78 Å². The average molecular weight is 1670 g/mol. The van der Waals surface area contributed by atoms with Gasteiger partial charge >= 0.3 is 0 Å². The van der Waals surface area contributed by atoms with Crippen LogP contribution >= 0.6 is 0 Å². The number of nitrogens with one attached hydrogen (secondary N) is 3. The number of aliphatic hydroxyl groups excluding tert-OH is 1. The fraction of sp³-hybridized carbons (Fsp3) is 0.444. The lowest BCUT2D eigenvalue weighted by atomic mass is 9.73. The van der Waals surface area contributed by atoms with E-state index in [0.29, 0.717) is 70.7 Å². The second-order valence-corrected chi connectivity index (χ2v) is 36.8. The fourth-order valence-electron chi connectivity index (χ4n) is 18.3. The molecule has 2 heterocycles. The van der Waals surface area contributed by atoms with Crippen molar-refractivity contribution in [1.29, 1.82) is 0 Å². The number of nitrogens with zero attached hydrogens (tertiary/aromatic N) is 5. The van der Waals surface area contributed by atoms with Crippen LogP contribution in [0.25, 0.3) is 11.1 Å². The van der Waals surface area contributed by atoms with Gasteiger partial charge in [-0.1, -0.05) is 243 Å². The number of aryl methyl sites for hydroxylation is 4. The van der Waals surface area contributed by atoms with Gasteiger partial charge < -0.3 is 40.9 Å². The molecule has 124 heavy (non-hydrogen) atoms. The van der Waals surface area contributed by atoms with Crippen molar-refractivity contribution in [1.82, 2.24) is 14.8 Å². The zero-order valence-corrected chi connectivity index (χ0v) is 77.7. The van der Waals surface area contributed by atoms with Crippen molar-refractivity contribution in [2.75, 3.05) is 34.5 Å². The minimum atomic E-state index is -0.442. The van der Waals surface area contributed by atoms with Crippen LogP contribution in [-0.2, 0) is 34.2 Å². The van der Waals surface area contributed by atoms with Gasteiger partial charge in [0.2, 0.25) is 46.5 Å². The third-order valence-electron chi connectivity index (χ3n) is 27.4. The highest BCUT2D eigenvalue weighted by molar-refractivity contribution is 6.43. The predicted octanol–water partition coefficient (Wildman–Crippen LogP) is 24.3. The van der Waals surface area contributed by atoms with E-state index in [1.165, 1.54) is 0 Å². The molecule has 0 spiro atoms. The van der Waals surface area contributed by atoms with Gasteiger partial charge in [-0.3, -0.25) is 28.8 Å². The van der Waals surface area contributed by atoms with Gasteiger partial charge in [0.1, 0.15) is 5.76 Å². The number of anilines is 6. The van der Waals surface area contributed by atoms with Crippen molar-refractivity contribution >= 4 is 103 Å². The lowest BCUT2D eigenvalue weighted by Crippen LogP contribution is -2.36. The summed E-state index contributed by atoms with van der Waals surface area (Å²) in [7, 11) is 4.11. The van der Waals surface area contributed by atoms with Gasteiger partial charge in [-0.05, 0) is 169 Å². The Morgan fingerprint density at radius 1 is 0.492 bits per heavy atom. The third-order valence-corrected chi connectivity index (χ3v) is 27.4. The molecule has 0 saturated carbocycles. The number of Topliss-reactive ketones (excluding diaryl/α,β-unsaturated/α-hetero) is 2. The lowest BCUT2D eigenvalue weighted by Gasteiger charge is -2.35. The molecule has 0 radical (unpaired) electrons. The van der Waals surface area contributed by atoms with Crippen LogP contribution in [0, 0.1) is 56.8 Å². The summed E-state index contributed by atoms with van der Waals surface area (Å²) in [5.41, 5.74) is 17.1. The first kappa shape index (κ1) is 93.7. The number of amides is 4. The molecule has 16 heteroatoms. The van der Waals surface area contributed by atoms with E-state index >= 15 is 0 Å². The maximum absolute atomic E-state index is 14.8. The van der Waals surface area contributed by atoms with Crippen molar-refractivity contribution in [2.24, 2.45) is 34.1 Å². The fourth-order valence-corrected chi connectivity index (χ4v) is 18.3. The molecule has 6 aliphatic rings. The Morgan fingerprint density at radius 3 is 1.39 bits per heavy atom. The second kappa shape index (κ2) is 41.2. The number of unbranched alkanes of at least 4 members (excludes halogenated alkanes) is 4. The third kappa shape index (κ3) is 20.7. The van der Waals surface area contributed by atoms with E-state index in [1.807, 2.05) is 48.6 Å². The number of allylic oxidation sites excluding steroid dienone is 11. The molecule has 12 rings (SSSR count). The Bertz CT molecular complexity index is 5230. The molecular formula is C108H136N8O8. The van der Waals surface area contributed by atoms with E-state index in [9.17, 15) is 39.0 Å².